The predicted octanol–water partition coefficient (Wildman–Crippen LogP) is 1.46. The summed E-state index contributed by atoms with van der Waals surface area (Å²) in [6.45, 7) is 2.91. The third-order valence-corrected chi connectivity index (χ3v) is 4.32. The number of nitrogens with one attached hydrogen (secondary N) is 1. The number of likely N-dealkylation sites (tertiary alicyclic amines) is 1. The minimum absolute atomic E-state index is 0.136. The van der Waals surface area contributed by atoms with Crippen LogP contribution in [-0.4, -0.2) is 50.2 Å². The Morgan fingerprint density at radius 1 is 1.30 bits per heavy atom. The second-order valence-corrected chi connectivity index (χ2v) is 5.40. The van der Waals surface area contributed by atoms with E-state index in [4.69, 9.17) is 4.74 Å². The molecule has 0 spiro atoms. The molecule has 1 heterocycles. The summed E-state index contributed by atoms with van der Waals surface area (Å²) >= 11 is 0. The van der Waals surface area contributed by atoms with Crippen molar-refractivity contribution in [2.75, 3.05) is 33.8 Å². The number of esters is 1. The molecule has 1 aliphatic rings. The molecule has 0 aliphatic carbocycles. The summed E-state index contributed by atoms with van der Waals surface area (Å²) in [6.07, 6.45) is 2.68. The number of hydrogen-bond acceptors (Lipinski definition) is 4. The van der Waals surface area contributed by atoms with Crippen LogP contribution in [0.2, 0.25) is 0 Å². The minimum atomic E-state index is -0.488. The first-order valence-electron chi connectivity index (χ1n) is 7.24. The molecule has 110 valence electrons. The molecule has 0 unspecified atom stereocenters. The van der Waals surface area contributed by atoms with E-state index in [-0.39, 0.29) is 5.97 Å². The molecule has 2 rings (SSSR count). The molecular weight excluding hydrogens is 252 g/mol. The molecule has 0 bridgehead atoms. The number of benzene rings is 1. The van der Waals surface area contributed by atoms with Gasteiger partial charge in [0.15, 0.2) is 0 Å². The van der Waals surface area contributed by atoms with E-state index < -0.39 is 5.54 Å². The molecule has 0 saturated carbocycles. The Balaban J connectivity index is 1.83. The maximum absolute atomic E-state index is 11.9. The van der Waals surface area contributed by atoms with Gasteiger partial charge >= 0.3 is 5.97 Å². The van der Waals surface area contributed by atoms with Crippen molar-refractivity contribution in [2.45, 2.75) is 24.8 Å². The predicted molar refractivity (Wildman–Crippen MR) is 79.6 cm³/mol. The van der Waals surface area contributed by atoms with E-state index in [1.807, 2.05) is 13.1 Å². The van der Waals surface area contributed by atoms with Crippen LogP contribution in [0.5, 0.6) is 0 Å². The lowest BCUT2D eigenvalue weighted by Gasteiger charge is -2.39. The lowest BCUT2D eigenvalue weighted by atomic mass is 9.87. The Labute approximate surface area is 121 Å². The number of hydrogen-bond donors (Lipinski definition) is 1. The van der Waals surface area contributed by atoms with Gasteiger partial charge in [0.25, 0.3) is 0 Å². The zero-order chi connectivity index (χ0) is 14.4. The number of piperidine rings is 1. The Kier molecular flexibility index (Phi) is 5.15. The number of ether oxygens (including phenoxy) is 1. The second-order valence-electron chi connectivity index (χ2n) is 5.40. The first kappa shape index (κ1) is 15.0. The van der Waals surface area contributed by atoms with Crippen LogP contribution in [0.25, 0.3) is 0 Å². The van der Waals surface area contributed by atoms with Crippen LogP contribution in [0.4, 0.5) is 0 Å². The van der Waals surface area contributed by atoms with Crippen LogP contribution < -0.4 is 5.32 Å². The number of nitrogens with zero attached hydrogens (tertiary/aromatic N) is 1. The number of carbonyl (C=O) groups excluding carboxylic acids is 1. The fourth-order valence-electron chi connectivity index (χ4n) is 2.84. The summed E-state index contributed by atoms with van der Waals surface area (Å²) < 4.78 is 4.93. The van der Waals surface area contributed by atoms with Gasteiger partial charge in [-0.05, 0) is 31.9 Å². The van der Waals surface area contributed by atoms with Gasteiger partial charge in [0.05, 0.1) is 7.11 Å². The van der Waals surface area contributed by atoms with Gasteiger partial charge in [-0.3, -0.25) is 4.79 Å². The standard InChI is InChI=1S/C16H24N2O2/c1-17-16(15(19)20-2)9-12-18(13-10-16)11-8-14-6-4-3-5-7-14/h3-7,17H,8-13H2,1-2H3. The molecule has 1 aromatic rings. The van der Waals surface area contributed by atoms with Crippen LogP contribution in [0, 0.1) is 0 Å². The number of carbonyl (C=O) groups is 1. The first-order chi connectivity index (χ1) is 9.70. The number of likely N-dealkylation sites (N-methyl/N-ethyl adjacent to an activating group) is 1. The monoisotopic (exact) mass is 276 g/mol. The van der Waals surface area contributed by atoms with Gasteiger partial charge in [-0.15, -0.1) is 0 Å². The highest BCUT2D eigenvalue weighted by Gasteiger charge is 2.40. The summed E-state index contributed by atoms with van der Waals surface area (Å²) in [7, 11) is 3.31. The van der Waals surface area contributed by atoms with Crippen LogP contribution in [0.3, 0.4) is 0 Å². The zero-order valence-corrected chi connectivity index (χ0v) is 12.4. The van der Waals surface area contributed by atoms with E-state index >= 15 is 0 Å². The number of rotatable bonds is 5. The van der Waals surface area contributed by atoms with E-state index in [0.29, 0.717) is 0 Å². The van der Waals surface area contributed by atoms with Crippen LogP contribution in [0.15, 0.2) is 30.3 Å². The van der Waals surface area contributed by atoms with Crippen molar-refractivity contribution in [3.63, 3.8) is 0 Å². The lowest BCUT2D eigenvalue weighted by molar-refractivity contribution is -0.150. The van der Waals surface area contributed by atoms with Crippen molar-refractivity contribution in [3.8, 4) is 0 Å². The van der Waals surface area contributed by atoms with E-state index in [2.05, 4.69) is 34.5 Å². The third kappa shape index (κ3) is 3.38. The second kappa shape index (κ2) is 6.86. The topological polar surface area (TPSA) is 41.6 Å². The Hall–Kier alpha value is -1.39. The average Bonchev–Trinajstić information content (AvgIpc) is 2.53. The Bertz CT molecular complexity index is 425. The van der Waals surface area contributed by atoms with Gasteiger partial charge < -0.3 is 15.0 Å². The van der Waals surface area contributed by atoms with Crippen molar-refractivity contribution in [1.82, 2.24) is 10.2 Å². The van der Waals surface area contributed by atoms with E-state index in [9.17, 15) is 4.79 Å². The van der Waals surface area contributed by atoms with Gasteiger partial charge in [0.2, 0.25) is 0 Å². The molecule has 4 heteroatoms. The fourth-order valence-corrected chi connectivity index (χ4v) is 2.84. The molecule has 1 aliphatic heterocycles. The van der Waals surface area contributed by atoms with Gasteiger partial charge in [-0.1, -0.05) is 30.3 Å². The minimum Gasteiger partial charge on any atom is -0.468 e. The molecule has 20 heavy (non-hydrogen) atoms. The van der Waals surface area contributed by atoms with Gasteiger partial charge in [0.1, 0.15) is 5.54 Å². The summed E-state index contributed by atoms with van der Waals surface area (Å²) in [6, 6.07) is 10.5. The summed E-state index contributed by atoms with van der Waals surface area (Å²) in [5, 5.41) is 3.16. The molecule has 1 aromatic carbocycles. The van der Waals surface area contributed by atoms with E-state index in [1.165, 1.54) is 12.7 Å². The van der Waals surface area contributed by atoms with Crippen molar-refractivity contribution in [2.24, 2.45) is 0 Å². The molecule has 1 saturated heterocycles. The molecule has 0 amide bonds. The van der Waals surface area contributed by atoms with Crippen LogP contribution in [-0.2, 0) is 16.0 Å². The van der Waals surface area contributed by atoms with Gasteiger partial charge in [-0.25, -0.2) is 0 Å². The highest BCUT2D eigenvalue weighted by molar-refractivity contribution is 5.80. The average molecular weight is 276 g/mol. The normalized spacial score (nSPS) is 18.7. The van der Waals surface area contributed by atoms with Crippen LogP contribution >= 0.6 is 0 Å². The largest absolute Gasteiger partial charge is 0.468 e. The molecule has 4 nitrogen and oxygen atoms in total. The van der Waals surface area contributed by atoms with Crippen molar-refractivity contribution in [1.29, 1.82) is 0 Å². The maximum Gasteiger partial charge on any atom is 0.326 e. The first-order valence-corrected chi connectivity index (χ1v) is 7.24. The molecule has 0 radical (unpaired) electrons. The highest BCUT2D eigenvalue weighted by atomic mass is 16.5. The summed E-state index contributed by atoms with van der Waals surface area (Å²) in [5.41, 5.74) is 0.878. The van der Waals surface area contributed by atoms with Crippen molar-refractivity contribution >= 4 is 5.97 Å². The zero-order valence-electron chi connectivity index (χ0n) is 12.4. The SMILES string of the molecule is CNC1(C(=O)OC)CCN(CCc2ccccc2)CC1. The molecule has 0 aromatic heterocycles. The van der Waals surface area contributed by atoms with Crippen molar-refractivity contribution in [3.05, 3.63) is 35.9 Å². The van der Waals surface area contributed by atoms with Crippen molar-refractivity contribution < 1.29 is 9.53 Å². The molecule has 1 N–H and O–H groups in total. The highest BCUT2D eigenvalue weighted by Crippen LogP contribution is 2.23. The maximum atomic E-state index is 11.9. The number of methoxy groups -OCH3 is 1. The Morgan fingerprint density at radius 2 is 1.95 bits per heavy atom. The fraction of sp³-hybridized carbons (Fsp3) is 0.562. The quantitative estimate of drug-likeness (QED) is 0.827. The third-order valence-electron chi connectivity index (χ3n) is 4.32. The van der Waals surface area contributed by atoms with Crippen LogP contribution in [0.1, 0.15) is 18.4 Å². The Morgan fingerprint density at radius 3 is 2.50 bits per heavy atom. The lowest BCUT2D eigenvalue weighted by Crippen LogP contribution is -2.57. The molecular formula is C16H24N2O2. The van der Waals surface area contributed by atoms with E-state index in [1.54, 1.807) is 0 Å². The van der Waals surface area contributed by atoms with Gasteiger partial charge in [0, 0.05) is 19.6 Å². The molecule has 0 atom stereocenters. The van der Waals surface area contributed by atoms with E-state index in [0.717, 1.165) is 38.9 Å². The molecule has 1 fully saturated rings. The summed E-state index contributed by atoms with van der Waals surface area (Å²) in [5.74, 6) is -0.136. The smallest absolute Gasteiger partial charge is 0.326 e. The van der Waals surface area contributed by atoms with Gasteiger partial charge in [-0.2, -0.15) is 0 Å². The summed E-state index contributed by atoms with van der Waals surface area (Å²) in [4.78, 5) is 14.3.